The minimum atomic E-state index is -0.0778. The van der Waals surface area contributed by atoms with Crippen molar-refractivity contribution in [2.24, 2.45) is 0 Å². The zero-order valence-electron chi connectivity index (χ0n) is 10.5. The number of nitrogen functional groups attached to an aromatic ring is 1. The molecule has 102 valence electrons. The summed E-state index contributed by atoms with van der Waals surface area (Å²) in [5.41, 5.74) is 7.36. The van der Waals surface area contributed by atoms with Gasteiger partial charge >= 0.3 is 0 Å². The molecular weight excluding hydrogens is 322 g/mol. The molecule has 0 spiro atoms. The highest BCUT2D eigenvalue weighted by atomic mass is 79.9. The van der Waals surface area contributed by atoms with Gasteiger partial charge < -0.3 is 15.4 Å². The highest BCUT2D eigenvalue weighted by Gasteiger charge is 2.25. The maximum Gasteiger partial charge on any atom is 0.265 e. The highest BCUT2D eigenvalue weighted by Crippen LogP contribution is 2.35. The number of nitrogens with zero attached hydrogens (tertiary/aromatic N) is 2. The van der Waals surface area contributed by atoms with E-state index in [1.54, 1.807) is 17.2 Å². The van der Waals surface area contributed by atoms with Crippen LogP contribution in [0.1, 0.15) is 5.56 Å². The molecule has 0 fully saturated rings. The second kappa shape index (κ2) is 5.13. The Hall–Kier alpha value is -2.08. The maximum atomic E-state index is 12.1. The Morgan fingerprint density at radius 3 is 3.00 bits per heavy atom. The summed E-state index contributed by atoms with van der Waals surface area (Å²) in [5, 5.41) is 0. The Morgan fingerprint density at radius 1 is 1.35 bits per heavy atom. The zero-order chi connectivity index (χ0) is 14.1. The van der Waals surface area contributed by atoms with Crippen molar-refractivity contribution in [2.45, 2.75) is 6.54 Å². The van der Waals surface area contributed by atoms with Crippen LogP contribution in [0.3, 0.4) is 0 Å². The van der Waals surface area contributed by atoms with Crippen LogP contribution in [0.5, 0.6) is 5.75 Å². The fourth-order valence-electron chi connectivity index (χ4n) is 2.12. The monoisotopic (exact) mass is 333 g/mol. The first-order chi connectivity index (χ1) is 9.63. The average molecular weight is 334 g/mol. The largest absolute Gasteiger partial charge is 0.482 e. The number of benzene rings is 1. The van der Waals surface area contributed by atoms with E-state index in [1.165, 1.54) is 0 Å². The lowest BCUT2D eigenvalue weighted by Gasteiger charge is -2.29. The molecule has 0 atom stereocenters. The minimum absolute atomic E-state index is 0.0508. The maximum absolute atomic E-state index is 12.1. The van der Waals surface area contributed by atoms with E-state index in [9.17, 15) is 4.79 Å². The number of halogens is 1. The number of hydrogen-bond acceptors (Lipinski definition) is 4. The molecule has 2 aromatic rings. The Morgan fingerprint density at radius 2 is 2.20 bits per heavy atom. The molecule has 0 unspecified atom stereocenters. The van der Waals surface area contributed by atoms with Crippen molar-refractivity contribution in [3.8, 4) is 5.75 Å². The van der Waals surface area contributed by atoms with Gasteiger partial charge in [0.05, 0.1) is 12.2 Å². The Kier molecular flexibility index (Phi) is 3.31. The predicted molar refractivity (Wildman–Crippen MR) is 79.5 cm³/mol. The van der Waals surface area contributed by atoms with Gasteiger partial charge in [-0.1, -0.05) is 15.9 Å². The van der Waals surface area contributed by atoms with E-state index >= 15 is 0 Å². The number of amides is 1. The Balaban J connectivity index is 1.97. The van der Waals surface area contributed by atoms with E-state index in [2.05, 4.69) is 20.9 Å². The van der Waals surface area contributed by atoms with Gasteiger partial charge in [0.1, 0.15) is 11.6 Å². The van der Waals surface area contributed by atoms with Gasteiger partial charge in [-0.2, -0.15) is 0 Å². The Labute approximate surface area is 124 Å². The molecule has 1 aromatic carbocycles. The molecule has 20 heavy (non-hydrogen) atoms. The molecule has 1 aliphatic rings. The normalized spacial score (nSPS) is 13.8. The summed E-state index contributed by atoms with van der Waals surface area (Å²) in [6.07, 6.45) is 1.64. The van der Waals surface area contributed by atoms with E-state index in [0.717, 1.165) is 15.7 Å². The molecule has 2 heterocycles. The number of carbonyl (C=O) groups excluding carboxylic acids is 1. The molecular formula is C14H12BrN3O2. The summed E-state index contributed by atoms with van der Waals surface area (Å²) in [5.74, 6) is 1.07. The first kappa shape index (κ1) is 12.9. The molecule has 2 N–H and O–H groups in total. The second-order valence-electron chi connectivity index (χ2n) is 4.47. The number of ether oxygens (including phenoxy) is 1. The van der Waals surface area contributed by atoms with Gasteiger partial charge in [0, 0.05) is 10.7 Å². The van der Waals surface area contributed by atoms with Crippen molar-refractivity contribution in [2.75, 3.05) is 17.2 Å². The van der Waals surface area contributed by atoms with Crippen LogP contribution in [0.4, 0.5) is 11.5 Å². The van der Waals surface area contributed by atoms with Crippen molar-refractivity contribution in [3.63, 3.8) is 0 Å². The van der Waals surface area contributed by atoms with E-state index in [1.807, 2.05) is 24.3 Å². The number of rotatable bonds is 2. The van der Waals surface area contributed by atoms with Crippen molar-refractivity contribution in [1.82, 2.24) is 4.98 Å². The van der Waals surface area contributed by atoms with Crippen molar-refractivity contribution in [1.29, 1.82) is 0 Å². The molecule has 1 aliphatic heterocycles. The van der Waals surface area contributed by atoms with Gasteiger partial charge in [-0.15, -0.1) is 0 Å². The molecule has 1 aromatic heterocycles. The summed E-state index contributed by atoms with van der Waals surface area (Å²) >= 11 is 3.41. The van der Waals surface area contributed by atoms with Gasteiger partial charge in [0.2, 0.25) is 0 Å². The number of hydrogen-bond donors (Lipinski definition) is 1. The molecule has 1 amide bonds. The number of aromatic nitrogens is 1. The van der Waals surface area contributed by atoms with E-state index < -0.39 is 0 Å². The van der Waals surface area contributed by atoms with Gasteiger partial charge in [-0.25, -0.2) is 4.98 Å². The fraction of sp³-hybridized carbons (Fsp3) is 0.143. The first-order valence-corrected chi connectivity index (χ1v) is 6.86. The second-order valence-corrected chi connectivity index (χ2v) is 5.39. The summed E-state index contributed by atoms with van der Waals surface area (Å²) in [7, 11) is 0. The first-order valence-electron chi connectivity index (χ1n) is 6.06. The van der Waals surface area contributed by atoms with Gasteiger partial charge in [-0.3, -0.25) is 4.79 Å². The van der Waals surface area contributed by atoms with Crippen LogP contribution in [0, 0.1) is 0 Å². The minimum Gasteiger partial charge on any atom is -0.482 e. The van der Waals surface area contributed by atoms with Gasteiger partial charge in [0.15, 0.2) is 6.61 Å². The topological polar surface area (TPSA) is 68.5 Å². The molecule has 0 aliphatic carbocycles. The molecule has 5 nitrogen and oxygen atoms in total. The van der Waals surface area contributed by atoms with Crippen molar-refractivity contribution < 1.29 is 9.53 Å². The Bertz CT molecular complexity index is 675. The van der Waals surface area contributed by atoms with Crippen LogP contribution >= 0.6 is 15.9 Å². The zero-order valence-corrected chi connectivity index (χ0v) is 12.1. The lowest BCUT2D eigenvalue weighted by molar-refractivity contribution is -0.121. The standard InChI is InChI=1S/C14H12BrN3O2/c15-10-1-2-12-11(6-10)18(14(19)8-20-12)7-9-3-4-17-13(16)5-9/h1-6H,7-8H2,(H2,16,17). The number of fused-ring (bicyclic) bond motifs is 1. The SMILES string of the molecule is Nc1cc(CN2C(=O)COc3ccc(Br)cc32)ccn1. The van der Waals surface area contributed by atoms with E-state index in [4.69, 9.17) is 10.5 Å². The van der Waals surface area contributed by atoms with Crippen molar-refractivity contribution in [3.05, 3.63) is 46.6 Å². The molecule has 3 rings (SSSR count). The lowest BCUT2D eigenvalue weighted by Crippen LogP contribution is -2.38. The number of anilines is 2. The molecule has 0 bridgehead atoms. The quantitative estimate of drug-likeness (QED) is 0.915. The van der Waals surface area contributed by atoms with Gasteiger partial charge in [-0.05, 0) is 35.9 Å². The number of carbonyl (C=O) groups is 1. The molecule has 0 radical (unpaired) electrons. The highest BCUT2D eigenvalue weighted by molar-refractivity contribution is 9.10. The van der Waals surface area contributed by atoms with Crippen LogP contribution in [-0.2, 0) is 11.3 Å². The van der Waals surface area contributed by atoms with Crippen LogP contribution in [0.25, 0.3) is 0 Å². The van der Waals surface area contributed by atoms with E-state index in [0.29, 0.717) is 18.1 Å². The number of nitrogens with two attached hydrogens (primary N) is 1. The summed E-state index contributed by atoms with van der Waals surface area (Å²) in [6, 6.07) is 9.21. The third-order valence-corrected chi connectivity index (χ3v) is 3.54. The van der Waals surface area contributed by atoms with Crippen LogP contribution in [0.2, 0.25) is 0 Å². The summed E-state index contributed by atoms with van der Waals surface area (Å²) in [4.78, 5) is 17.7. The fourth-order valence-corrected chi connectivity index (χ4v) is 2.47. The van der Waals surface area contributed by atoms with E-state index in [-0.39, 0.29) is 12.5 Å². The lowest BCUT2D eigenvalue weighted by atomic mass is 10.2. The molecule has 0 saturated heterocycles. The summed E-state index contributed by atoms with van der Waals surface area (Å²) < 4.78 is 6.33. The third-order valence-electron chi connectivity index (χ3n) is 3.05. The number of pyridine rings is 1. The van der Waals surface area contributed by atoms with Gasteiger partial charge in [0.25, 0.3) is 5.91 Å². The smallest absolute Gasteiger partial charge is 0.265 e. The molecule has 6 heteroatoms. The van der Waals surface area contributed by atoms with Crippen LogP contribution in [-0.4, -0.2) is 17.5 Å². The average Bonchev–Trinajstić information content (AvgIpc) is 2.42. The molecule has 0 saturated carbocycles. The third kappa shape index (κ3) is 2.46. The van der Waals surface area contributed by atoms with Crippen LogP contribution < -0.4 is 15.4 Å². The predicted octanol–water partition coefficient (Wildman–Crippen LogP) is 2.35. The van der Waals surface area contributed by atoms with Crippen LogP contribution in [0.15, 0.2) is 41.0 Å². The summed E-state index contributed by atoms with van der Waals surface area (Å²) in [6.45, 7) is 0.494. The van der Waals surface area contributed by atoms with Crippen molar-refractivity contribution >= 4 is 33.3 Å².